The van der Waals surface area contributed by atoms with Crippen LogP contribution in [0, 0.1) is 20.8 Å². The van der Waals surface area contributed by atoms with Gasteiger partial charge in [-0.3, -0.25) is 0 Å². The molecule has 0 atom stereocenters. The van der Waals surface area contributed by atoms with Crippen LogP contribution in [0.2, 0.25) is 5.15 Å². The van der Waals surface area contributed by atoms with E-state index >= 15 is 0 Å². The lowest BCUT2D eigenvalue weighted by Gasteiger charge is -2.17. The van der Waals surface area contributed by atoms with E-state index in [-0.39, 0.29) is 11.4 Å². The molecule has 2 rings (SSSR count). The number of nitrogens with zero attached hydrogens (tertiary/aromatic N) is 3. The molecule has 0 N–H and O–H groups in total. The van der Waals surface area contributed by atoms with Crippen LogP contribution >= 0.6 is 11.6 Å². The van der Waals surface area contributed by atoms with Crippen molar-refractivity contribution in [3.8, 4) is 0 Å². The minimum atomic E-state index is -3.65. The third-order valence-corrected chi connectivity index (χ3v) is 5.42. The smallest absolute Gasteiger partial charge is 0.244 e. The van der Waals surface area contributed by atoms with Crippen molar-refractivity contribution in [1.82, 2.24) is 14.4 Å². The first-order valence-corrected chi connectivity index (χ1v) is 8.05. The van der Waals surface area contributed by atoms with E-state index in [1.54, 1.807) is 20.8 Å². The summed E-state index contributed by atoms with van der Waals surface area (Å²) in [6.07, 6.45) is 1.26. The fraction of sp³-hybridized carbons (Fsp3) is 0.385. The SMILES string of the molecule is Cc1cc(S(=O)(=O)N(C)Cc2c(C)noc2C)cnc1Cl. The van der Waals surface area contributed by atoms with E-state index in [0.29, 0.717) is 22.2 Å². The van der Waals surface area contributed by atoms with Crippen molar-refractivity contribution in [3.05, 3.63) is 40.0 Å². The zero-order chi connectivity index (χ0) is 15.8. The lowest BCUT2D eigenvalue weighted by Crippen LogP contribution is -2.27. The third kappa shape index (κ3) is 3.09. The van der Waals surface area contributed by atoms with Crippen LogP contribution in [0.4, 0.5) is 0 Å². The lowest BCUT2D eigenvalue weighted by molar-refractivity contribution is 0.390. The molecular formula is C13H16ClN3O3S. The molecule has 0 saturated carbocycles. The maximum Gasteiger partial charge on any atom is 0.244 e. The van der Waals surface area contributed by atoms with Gasteiger partial charge in [0.2, 0.25) is 10.0 Å². The normalized spacial score (nSPS) is 12.1. The number of pyridine rings is 1. The average molecular weight is 330 g/mol. The van der Waals surface area contributed by atoms with Gasteiger partial charge in [-0.1, -0.05) is 16.8 Å². The minimum absolute atomic E-state index is 0.110. The van der Waals surface area contributed by atoms with Crippen molar-refractivity contribution < 1.29 is 12.9 Å². The van der Waals surface area contributed by atoms with Crippen LogP contribution in [-0.2, 0) is 16.6 Å². The van der Waals surface area contributed by atoms with Crippen LogP contribution in [0.5, 0.6) is 0 Å². The van der Waals surface area contributed by atoms with Gasteiger partial charge in [-0.25, -0.2) is 13.4 Å². The molecule has 21 heavy (non-hydrogen) atoms. The molecule has 0 fully saturated rings. The van der Waals surface area contributed by atoms with Crippen molar-refractivity contribution in [3.63, 3.8) is 0 Å². The van der Waals surface area contributed by atoms with Crippen LogP contribution in [0.25, 0.3) is 0 Å². The molecule has 0 bridgehead atoms. The Morgan fingerprint density at radius 3 is 2.52 bits per heavy atom. The number of aromatic nitrogens is 2. The number of hydrogen-bond acceptors (Lipinski definition) is 5. The zero-order valence-corrected chi connectivity index (χ0v) is 13.8. The van der Waals surface area contributed by atoms with Gasteiger partial charge in [0.05, 0.1) is 5.69 Å². The van der Waals surface area contributed by atoms with Gasteiger partial charge in [0, 0.05) is 25.4 Å². The first-order chi connectivity index (χ1) is 9.73. The number of halogens is 1. The van der Waals surface area contributed by atoms with Crippen molar-refractivity contribution in [2.45, 2.75) is 32.2 Å². The molecule has 0 saturated heterocycles. The van der Waals surface area contributed by atoms with E-state index in [0.717, 1.165) is 5.56 Å². The molecular weight excluding hydrogens is 314 g/mol. The van der Waals surface area contributed by atoms with E-state index in [9.17, 15) is 8.42 Å². The van der Waals surface area contributed by atoms with E-state index < -0.39 is 10.0 Å². The molecule has 2 aromatic heterocycles. The Labute approximate surface area is 128 Å². The maximum atomic E-state index is 12.5. The molecule has 0 aromatic carbocycles. The molecule has 2 heterocycles. The Hall–Kier alpha value is -1.44. The highest BCUT2D eigenvalue weighted by Crippen LogP contribution is 2.22. The van der Waals surface area contributed by atoms with Crippen LogP contribution < -0.4 is 0 Å². The van der Waals surface area contributed by atoms with Crippen LogP contribution in [0.3, 0.4) is 0 Å². The monoisotopic (exact) mass is 329 g/mol. The van der Waals surface area contributed by atoms with Gasteiger partial charge in [-0.2, -0.15) is 4.31 Å². The first kappa shape index (κ1) is 15.9. The van der Waals surface area contributed by atoms with Crippen LogP contribution in [-0.4, -0.2) is 29.9 Å². The molecule has 114 valence electrons. The van der Waals surface area contributed by atoms with Gasteiger partial charge >= 0.3 is 0 Å². The lowest BCUT2D eigenvalue weighted by atomic mass is 10.2. The fourth-order valence-electron chi connectivity index (χ4n) is 1.89. The molecule has 6 nitrogen and oxygen atoms in total. The van der Waals surface area contributed by atoms with E-state index in [4.69, 9.17) is 16.1 Å². The molecule has 8 heteroatoms. The predicted octanol–water partition coefficient (Wildman–Crippen LogP) is 2.47. The Morgan fingerprint density at radius 1 is 1.33 bits per heavy atom. The summed E-state index contributed by atoms with van der Waals surface area (Å²) in [4.78, 5) is 4.00. The van der Waals surface area contributed by atoms with Gasteiger partial charge in [0.15, 0.2) is 0 Å². The summed E-state index contributed by atoms with van der Waals surface area (Å²) >= 11 is 5.83. The Kier molecular flexibility index (Phi) is 4.36. The Morgan fingerprint density at radius 2 is 2.00 bits per heavy atom. The van der Waals surface area contributed by atoms with Gasteiger partial charge in [0.25, 0.3) is 0 Å². The van der Waals surface area contributed by atoms with E-state index in [1.165, 1.54) is 23.6 Å². The second-order valence-corrected chi connectivity index (χ2v) is 7.25. The van der Waals surface area contributed by atoms with Gasteiger partial charge in [-0.15, -0.1) is 0 Å². The summed E-state index contributed by atoms with van der Waals surface area (Å²) in [7, 11) is -2.14. The molecule has 0 aliphatic heterocycles. The molecule has 0 radical (unpaired) electrons. The topological polar surface area (TPSA) is 76.3 Å². The largest absolute Gasteiger partial charge is 0.361 e. The molecule has 2 aromatic rings. The third-order valence-electron chi connectivity index (χ3n) is 3.26. The standard InChI is InChI=1S/C13H16ClN3O3S/c1-8-5-11(6-15-13(8)14)21(18,19)17(4)7-12-9(2)16-20-10(12)3/h5-6H,7H2,1-4H3. The Bertz CT molecular complexity index is 751. The van der Waals surface area contributed by atoms with Crippen molar-refractivity contribution >= 4 is 21.6 Å². The van der Waals surface area contributed by atoms with Crippen LogP contribution in [0.1, 0.15) is 22.6 Å². The number of aryl methyl sites for hydroxylation is 3. The van der Waals surface area contributed by atoms with Gasteiger partial charge in [-0.05, 0) is 32.4 Å². The van der Waals surface area contributed by atoms with Crippen molar-refractivity contribution in [1.29, 1.82) is 0 Å². The molecule has 0 aliphatic rings. The molecule has 0 unspecified atom stereocenters. The van der Waals surface area contributed by atoms with Gasteiger partial charge < -0.3 is 4.52 Å². The quantitative estimate of drug-likeness (QED) is 0.805. The molecule has 0 amide bonds. The summed E-state index contributed by atoms with van der Waals surface area (Å²) in [5.74, 6) is 0.611. The minimum Gasteiger partial charge on any atom is -0.361 e. The van der Waals surface area contributed by atoms with E-state index in [1.807, 2.05) is 0 Å². The van der Waals surface area contributed by atoms with Crippen molar-refractivity contribution in [2.24, 2.45) is 0 Å². The maximum absolute atomic E-state index is 12.5. The van der Waals surface area contributed by atoms with Crippen LogP contribution in [0.15, 0.2) is 21.7 Å². The zero-order valence-electron chi connectivity index (χ0n) is 12.2. The molecule has 0 aliphatic carbocycles. The number of rotatable bonds is 4. The summed E-state index contributed by atoms with van der Waals surface area (Å²) in [5.41, 5.74) is 2.06. The highest BCUT2D eigenvalue weighted by atomic mass is 35.5. The number of hydrogen-bond donors (Lipinski definition) is 0. The summed E-state index contributed by atoms with van der Waals surface area (Å²) in [6, 6.07) is 1.51. The second kappa shape index (κ2) is 5.75. The average Bonchev–Trinajstić information content (AvgIpc) is 2.73. The first-order valence-electron chi connectivity index (χ1n) is 6.23. The highest BCUT2D eigenvalue weighted by molar-refractivity contribution is 7.89. The van der Waals surface area contributed by atoms with Gasteiger partial charge in [0.1, 0.15) is 15.8 Å². The summed E-state index contributed by atoms with van der Waals surface area (Å²) in [6.45, 7) is 5.43. The molecule has 0 spiro atoms. The predicted molar refractivity (Wildman–Crippen MR) is 78.6 cm³/mol. The summed E-state index contributed by atoms with van der Waals surface area (Å²) in [5, 5.41) is 4.12. The van der Waals surface area contributed by atoms with Crippen molar-refractivity contribution in [2.75, 3.05) is 7.05 Å². The Balaban J connectivity index is 2.32. The van der Waals surface area contributed by atoms with E-state index in [2.05, 4.69) is 10.1 Å². The fourth-order valence-corrected chi connectivity index (χ4v) is 3.16. The summed E-state index contributed by atoms with van der Waals surface area (Å²) < 4.78 is 31.4. The number of sulfonamides is 1. The second-order valence-electron chi connectivity index (χ2n) is 4.84. The highest BCUT2D eigenvalue weighted by Gasteiger charge is 2.24.